The Morgan fingerprint density at radius 2 is 1.83 bits per heavy atom. The molecule has 1 saturated heterocycles. The number of aryl methyl sites for hydroxylation is 1. The number of unbranched alkanes of at least 4 members (excludes halogenated alkanes) is 3. The summed E-state index contributed by atoms with van der Waals surface area (Å²) in [4.78, 5) is 13.5. The molecule has 128 valence electrons. The monoisotopic (exact) mass is 338 g/mol. The highest BCUT2D eigenvalue weighted by molar-refractivity contribution is 7.89. The summed E-state index contributed by atoms with van der Waals surface area (Å²) < 4.78 is 26.3. The highest BCUT2D eigenvalue weighted by Gasteiger charge is 2.49. The Bertz CT molecular complexity index is 638. The van der Waals surface area contributed by atoms with Gasteiger partial charge >= 0.3 is 0 Å². The first-order valence-corrected chi connectivity index (χ1v) is 9.64. The zero-order valence-corrected chi connectivity index (χ0v) is 15.0. The molecule has 1 aliphatic rings. The zero-order chi connectivity index (χ0) is 17.0. The first kappa shape index (κ1) is 17.9. The number of rotatable bonds is 8. The van der Waals surface area contributed by atoms with Crippen LogP contribution in [0.3, 0.4) is 0 Å². The summed E-state index contributed by atoms with van der Waals surface area (Å²) in [5.74, 6) is -0.166. The summed E-state index contributed by atoms with van der Waals surface area (Å²) in [6, 6.07) is 6.53. The first-order chi connectivity index (χ1) is 10.9. The van der Waals surface area contributed by atoms with Gasteiger partial charge in [0.25, 0.3) is 0 Å². The second kappa shape index (κ2) is 7.45. The van der Waals surface area contributed by atoms with E-state index in [1.54, 1.807) is 26.2 Å². The van der Waals surface area contributed by atoms with Crippen LogP contribution in [0, 0.1) is 0 Å². The summed E-state index contributed by atoms with van der Waals surface area (Å²) in [7, 11) is -0.278. The Balaban J connectivity index is 1.98. The van der Waals surface area contributed by atoms with E-state index in [1.165, 1.54) is 28.5 Å². The number of amides is 1. The predicted molar refractivity (Wildman–Crippen MR) is 90.7 cm³/mol. The van der Waals surface area contributed by atoms with Crippen molar-refractivity contribution in [2.45, 2.75) is 50.0 Å². The third-order valence-corrected chi connectivity index (χ3v) is 6.03. The third-order valence-electron chi connectivity index (χ3n) is 4.14. The van der Waals surface area contributed by atoms with Crippen LogP contribution in [-0.2, 0) is 21.2 Å². The Labute approximate surface area is 139 Å². The molecule has 1 aromatic rings. The highest BCUT2D eigenvalue weighted by Crippen LogP contribution is 2.29. The van der Waals surface area contributed by atoms with Crippen LogP contribution < -0.4 is 0 Å². The lowest BCUT2D eigenvalue weighted by Gasteiger charge is -2.11. The Morgan fingerprint density at radius 3 is 2.39 bits per heavy atom. The summed E-state index contributed by atoms with van der Waals surface area (Å²) in [5, 5.41) is 0. The molecule has 2 atom stereocenters. The van der Waals surface area contributed by atoms with Crippen molar-refractivity contribution in [2.75, 3.05) is 20.6 Å². The van der Waals surface area contributed by atoms with E-state index >= 15 is 0 Å². The number of hydrogen-bond acceptors (Lipinski definition) is 3. The Hall–Kier alpha value is -1.40. The van der Waals surface area contributed by atoms with Crippen molar-refractivity contribution in [1.29, 1.82) is 0 Å². The minimum absolute atomic E-state index is 0.166. The topological polar surface area (TPSA) is 57.5 Å². The number of hydrogen-bond donors (Lipinski definition) is 0. The fourth-order valence-corrected chi connectivity index (χ4v) is 4.12. The largest absolute Gasteiger partial charge is 0.347 e. The molecular formula is C17H26N2O3S. The SMILES string of the molecule is CCCCCCc1ccc(S(=O)(=O)N2CC2C(=O)N(C)C)cc1. The van der Waals surface area contributed by atoms with Gasteiger partial charge in [-0.3, -0.25) is 4.79 Å². The van der Waals surface area contributed by atoms with Crippen LogP contribution >= 0.6 is 0 Å². The second-order valence-corrected chi connectivity index (χ2v) is 8.17. The van der Waals surface area contributed by atoms with Crippen molar-refractivity contribution in [3.8, 4) is 0 Å². The predicted octanol–water partition coefficient (Wildman–Crippen LogP) is 2.27. The molecule has 2 rings (SSSR count). The lowest BCUT2D eigenvalue weighted by atomic mass is 10.1. The maximum absolute atomic E-state index is 12.5. The fourth-order valence-electron chi connectivity index (χ4n) is 2.61. The van der Waals surface area contributed by atoms with Crippen LogP contribution in [0.4, 0.5) is 0 Å². The normalized spacial score (nSPS) is 20.3. The zero-order valence-electron chi connectivity index (χ0n) is 14.2. The van der Waals surface area contributed by atoms with E-state index < -0.39 is 16.1 Å². The molecule has 6 heteroatoms. The molecule has 1 aliphatic heterocycles. The van der Waals surface area contributed by atoms with Gasteiger partial charge in [0, 0.05) is 20.6 Å². The summed E-state index contributed by atoms with van der Waals surface area (Å²) in [6.07, 6.45) is 5.76. The van der Waals surface area contributed by atoms with Gasteiger partial charge in [0.15, 0.2) is 0 Å². The number of nitrogens with zero attached hydrogens (tertiary/aromatic N) is 2. The van der Waals surface area contributed by atoms with Gasteiger partial charge in [-0.2, -0.15) is 4.31 Å². The van der Waals surface area contributed by atoms with Crippen LogP contribution in [0.1, 0.15) is 38.2 Å². The average Bonchev–Trinajstić information content (AvgIpc) is 3.32. The standard InChI is InChI=1S/C17H26N2O3S/c1-4-5-6-7-8-14-9-11-15(12-10-14)23(21,22)19-13-16(19)17(20)18(2)3/h9-12,16H,4-8,13H2,1-3H3. The van der Waals surface area contributed by atoms with Crippen LogP contribution in [0.2, 0.25) is 0 Å². The molecular weight excluding hydrogens is 312 g/mol. The van der Waals surface area contributed by atoms with E-state index in [2.05, 4.69) is 6.92 Å². The lowest BCUT2D eigenvalue weighted by Crippen LogP contribution is -2.30. The van der Waals surface area contributed by atoms with Crippen molar-refractivity contribution in [2.24, 2.45) is 0 Å². The quantitative estimate of drug-likeness (QED) is 0.540. The number of likely N-dealkylation sites (N-methyl/N-ethyl adjacent to an activating group) is 1. The van der Waals surface area contributed by atoms with Crippen LogP contribution in [0.25, 0.3) is 0 Å². The Morgan fingerprint density at radius 1 is 1.17 bits per heavy atom. The molecule has 5 nitrogen and oxygen atoms in total. The Kier molecular flexibility index (Phi) is 5.81. The van der Waals surface area contributed by atoms with E-state index in [-0.39, 0.29) is 17.3 Å². The molecule has 0 aromatic heterocycles. The number of carbonyl (C=O) groups is 1. The van der Waals surface area contributed by atoms with E-state index in [4.69, 9.17) is 0 Å². The maximum Gasteiger partial charge on any atom is 0.243 e. The van der Waals surface area contributed by atoms with Gasteiger partial charge in [0.05, 0.1) is 4.90 Å². The van der Waals surface area contributed by atoms with Gasteiger partial charge in [-0.25, -0.2) is 8.42 Å². The minimum Gasteiger partial charge on any atom is -0.347 e. The molecule has 0 radical (unpaired) electrons. The molecule has 0 saturated carbocycles. The fraction of sp³-hybridized carbons (Fsp3) is 0.588. The van der Waals surface area contributed by atoms with Gasteiger partial charge in [0.1, 0.15) is 6.04 Å². The molecule has 0 aliphatic carbocycles. The molecule has 1 fully saturated rings. The molecule has 0 N–H and O–H groups in total. The summed E-state index contributed by atoms with van der Waals surface area (Å²) in [5.41, 5.74) is 1.16. The average molecular weight is 338 g/mol. The molecule has 2 unspecified atom stereocenters. The van der Waals surface area contributed by atoms with E-state index in [0.29, 0.717) is 0 Å². The molecule has 1 heterocycles. The summed E-state index contributed by atoms with van der Waals surface area (Å²) >= 11 is 0. The van der Waals surface area contributed by atoms with Crippen molar-refractivity contribution in [3.63, 3.8) is 0 Å². The third kappa shape index (κ3) is 4.32. The van der Waals surface area contributed by atoms with E-state index in [0.717, 1.165) is 18.4 Å². The number of carbonyl (C=O) groups excluding carboxylic acids is 1. The van der Waals surface area contributed by atoms with Crippen LogP contribution in [0.15, 0.2) is 29.2 Å². The lowest BCUT2D eigenvalue weighted by molar-refractivity contribution is -0.128. The van der Waals surface area contributed by atoms with Gasteiger partial charge in [-0.05, 0) is 30.5 Å². The molecule has 0 spiro atoms. The minimum atomic E-state index is -3.55. The molecule has 23 heavy (non-hydrogen) atoms. The van der Waals surface area contributed by atoms with Gasteiger partial charge in [0.2, 0.25) is 15.9 Å². The second-order valence-electron chi connectivity index (χ2n) is 6.28. The van der Waals surface area contributed by atoms with Crippen molar-refractivity contribution < 1.29 is 13.2 Å². The van der Waals surface area contributed by atoms with Crippen LogP contribution in [0.5, 0.6) is 0 Å². The van der Waals surface area contributed by atoms with Crippen molar-refractivity contribution >= 4 is 15.9 Å². The van der Waals surface area contributed by atoms with Gasteiger partial charge in [-0.1, -0.05) is 38.3 Å². The summed E-state index contributed by atoms with van der Waals surface area (Å²) in [6.45, 7) is 2.46. The van der Waals surface area contributed by atoms with E-state index in [1.807, 2.05) is 12.1 Å². The smallest absolute Gasteiger partial charge is 0.243 e. The van der Waals surface area contributed by atoms with E-state index in [9.17, 15) is 13.2 Å². The van der Waals surface area contributed by atoms with Crippen molar-refractivity contribution in [1.82, 2.24) is 9.21 Å². The molecule has 1 amide bonds. The number of benzene rings is 1. The first-order valence-electron chi connectivity index (χ1n) is 8.20. The van der Waals surface area contributed by atoms with Gasteiger partial charge < -0.3 is 4.90 Å². The van der Waals surface area contributed by atoms with Crippen molar-refractivity contribution in [3.05, 3.63) is 29.8 Å². The highest BCUT2D eigenvalue weighted by atomic mass is 32.2. The number of sulfonamides is 1. The maximum atomic E-state index is 12.5. The molecule has 1 aromatic carbocycles. The van der Waals surface area contributed by atoms with Crippen LogP contribution in [-0.4, -0.2) is 50.2 Å². The molecule has 0 bridgehead atoms. The van der Waals surface area contributed by atoms with Gasteiger partial charge in [-0.15, -0.1) is 0 Å².